The van der Waals surface area contributed by atoms with E-state index in [4.69, 9.17) is 4.74 Å². The number of piperazine rings is 1. The zero-order valence-corrected chi connectivity index (χ0v) is 12.1. The van der Waals surface area contributed by atoms with Crippen molar-refractivity contribution in [3.05, 3.63) is 24.0 Å². The fourth-order valence-electron chi connectivity index (χ4n) is 2.45. The predicted molar refractivity (Wildman–Crippen MR) is 78.0 cm³/mol. The van der Waals surface area contributed by atoms with Crippen LogP contribution in [-0.2, 0) is 0 Å². The molecule has 7 heteroatoms. The van der Waals surface area contributed by atoms with Crippen LogP contribution in [0.2, 0.25) is 0 Å². The van der Waals surface area contributed by atoms with E-state index in [2.05, 4.69) is 32.3 Å². The van der Waals surface area contributed by atoms with E-state index in [9.17, 15) is 4.39 Å². The van der Waals surface area contributed by atoms with Crippen LogP contribution < -0.4 is 15.0 Å². The lowest BCUT2D eigenvalue weighted by Crippen LogP contribution is -2.49. The summed E-state index contributed by atoms with van der Waals surface area (Å²) < 4.78 is 18.7. The molecule has 0 saturated carbocycles. The molecule has 2 aromatic rings. The van der Waals surface area contributed by atoms with Gasteiger partial charge in [-0.1, -0.05) is 0 Å². The number of aromatic nitrogens is 3. The molecule has 1 atom stereocenters. The molecule has 2 heterocycles. The van der Waals surface area contributed by atoms with Gasteiger partial charge in [0.2, 0.25) is 5.95 Å². The number of halogens is 1. The Morgan fingerprint density at radius 2 is 2.29 bits per heavy atom. The van der Waals surface area contributed by atoms with E-state index in [1.165, 1.54) is 13.2 Å². The van der Waals surface area contributed by atoms with Crippen LogP contribution in [0.25, 0.3) is 11.4 Å². The monoisotopic (exact) mass is 291 g/mol. The first-order valence-electron chi connectivity index (χ1n) is 6.92. The van der Waals surface area contributed by atoms with Gasteiger partial charge in [-0.05, 0) is 25.1 Å². The molecule has 1 aliphatic heterocycles. The van der Waals surface area contributed by atoms with Crippen molar-refractivity contribution in [3.63, 3.8) is 0 Å². The van der Waals surface area contributed by atoms with Crippen LogP contribution in [0.3, 0.4) is 0 Å². The number of methoxy groups -OCH3 is 1. The molecule has 0 aliphatic carbocycles. The molecule has 0 unspecified atom stereocenters. The highest BCUT2D eigenvalue weighted by molar-refractivity contribution is 5.58. The lowest BCUT2D eigenvalue weighted by molar-refractivity contribution is 0.386. The van der Waals surface area contributed by atoms with E-state index >= 15 is 0 Å². The van der Waals surface area contributed by atoms with Gasteiger partial charge in [0.25, 0.3) is 0 Å². The molecule has 0 bridgehead atoms. The number of hydrogen-bond donors (Lipinski definition) is 2. The van der Waals surface area contributed by atoms with Gasteiger partial charge in [0.15, 0.2) is 17.4 Å². The summed E-state index contributed by atoms with van der Waals surface area (Å²) in [5, 5.41) is 10.5. The van der Waals surface area contributed by atoms with Crippen molar-refractivity contribution < 1.29 is 9.13 Å². The first-order chi connectivity index (χ1) is 10.2. The van der Waals surface area contributed by atoms with Gasteiger partial charge in [-0.2, -0.15) is 4.98 Å². The molecular weight excluding hydrogens is 273 g/mol. The van der Waals surface area contributed by atoms with Crippen molar-refractivity contribution >= 4 is 5.95 Å². The minimum atomic E-state index is -0.413. The Bertz CT molecular complexity index is 630. The molecule has 0 radical (unpaired) electrons. The quantitative estimate of drug-likeness (QED) is 0.895. The summed E-state index contributed by atoms with van der Waals surface area (Å²) in [6.07, 6.45) is 0. The molecule has 6 nitrogen and oxygen atoms in total. The van der Waals surface area contributed by atoms with E-state index in [-0.39, 0.29) is 5.75 Å². The molecular formula is C14H18FN5O. The second kappa shape index (κ2) is 5.69. The van der Waals surface area contributed by atoms with Gasteiger partial charge >= 0.3 is 0 Å². The third-order valence-corrected chi connectivity index (χ3v) is 3.55. The third-order valence-electron chi connectivity index (χ3n) is 3.55. The van der Waals surface area contributed by atoms with Gasteiger partial charge in [0.1, 0.15) is 0 Å². The van der Waals surface area contributed by atoms with Crippen molar-refractivity contribution in [2.45, 2.75) is 13.0 Å². The first-order valence-corrected chi connectivity index (χ1v) is 6.92. The van der Waals surface area contributed by atoms with Crippen LogP contribution in [0.1, 0.15) is 6.92 Å². The standard InChI is InChI=1S/C14H18FN5O/c1-9-8-20(6-5-16-9)14-17-13(18-19-14)10-3-4-12(21-2)11(15)7-10/h3-4,7,9,16H,5-6,8H2,1-2H3,(H,17,18,19)/t9-/m0/s1. The molecule has 3 rings (SSSR count). The van der Waals surface area contributed by atoms with Crippen LogP contribution in [0.15, 0.2) is 18.2 Å². The van der Waals surface area contributed by atoms with E-state index in [0.29, 0.717) is 23.4 Å². The van der Waals surface area contributed by atoms with Crippen LogP contribution in [0, 0.1) is 5.82 Å². The highest BCUT2D eigenvalue weighted by Crippen LogP contribution is 2.24. The minimum absolute atomic E-state index is 0.217. The number of anilines is 1. The molecule has 1 aliphatic rings. The van der Waals surface area contributed by atoms with Crippen LogP contribution in [0.4, 0.5) is 10.3 Å². The fraction of sp³-hybridized carbons (Fsp3) is 0.429. The summed E-state index contributed by atoms with van der Waals surface area (Å²) in [6.45, 7) is 4.74. The average Bonchev–Trinajstić information content (AvgIpc) is 2.97. The lowest BCUT2D eigenvalue weighted by Gasteiger charge is -2.30. The second-order valence-corrected chi connectivity index (χ2v) is 5.13. The molecule has 112 valence electrons. The number of nitrogens with one attached hydrogen (secondary N) is 2. The van der Waals surface area contributed by atoms with Gasteiger partial charge in [0.05, 0.1) is 7.11 Å². The molecule has 2 N–H and O–H groups in total. The van der Waals surface area contributed by atoms with Gasteiger partial charge < -0.3 is 15.0 Å². The van der Waals surface area contributed by atoms with E-state index in [0.717, 1.165) is 19.6 Å². The van der Waals surface area contributed by atoms with Gasteiger partial charge in [-0.3, -0.25) is 5.10 Å². The largest absolute Gasteiger partial charge is 0.494 e. The normalized spacial score (nSPS) is 18.8. The maximum absolute atomic E-state index is 13.7. The summed E-state index contributed by atoms with van der Waals surface area (Å²) in [5.74, 6) is 1.01. The Morgan fingerprint density at radius 1 is 1.43 bits per heavy atom. The van der Waals surface area contributed by atoms with E-state index in [1.807, 2.05) is 0 Å². The maximum Gasteiger partial charge on any atom is 0.245 e. The minimum Gasteiger partial charge on any atom is -0.494 e. The number of hydrogen-bond acceptors (Lipinski definition) is 5. The number of aromatic amines is 1. The molecule has 1 aromatic carbocycles. The number of rotatable bonds is 3. The third kappa shape index (κ3) is 2.82. The van der Waals surface area contributed by atoms with Crippen LogP contribution >= 0.6 is 0 Å². The van der Waals surface area contributed by atoms with Gasteiger partial charge in [0, 0.05) is 31.2 Å². The Hall–Kier alpha value is -2.15. The van der Waals surface area contributed by atoms with E-state index in [1.54, 1.807) is 12.1 Å². The molecule has 0 amide bonds. The van der Waals surface area contributed by atoms with Gasteiger partial charge in [-0.25, -0.2) is 4.39 Å². The molecule has 0 spiro atoms. The van der Waals surface area contributed by atoms with E-state index < -0.39 is 5.82 Å². The second-order valence-electron chi connectivity index (χ2n) is 5.13. The number of benzene rings is 1. The van der Waals surface area contributed by atoms with Crippen LogP contribution in [0.5, 0.6) is 5.75 Å². The van der Waals surface area contributed by atoms with Crippen molar-refractivity contribution in [3.8, 4) is 17.1 Å². The summed E-state index contributed by atoms with van der Waals surface area (Å²) in [5.41, 5.74) is 0.648. The highest BCUT2D eigenvalue weighted by atomic mass is 19.1. The lowest BCUT2D eigenvalue weighted by atomic mass is 10.2. The smallest absolute Gasteiger partial charge is 0.245 e. The van der Waals surface area contributed by atoms with Crippen LogP contribution in [-0.4, -0.2) is 48.0 Å². The molecule has 1 saturated heterocycles. The van der Waals surface area contributed by atoms with Crippen molar-refractivity contribution in [1.82, 2.24) is 20.5 Å². The number of H-pyrrole nitrogens is 1. The van der Waals surface area contributed by atoms with Crippen molar-refractivity contribution in [2.24, 2.45) is 0 Å². The maximum atomic E-state index is 13.7. The fourth-order valence-corrected chi connectivity index (χ4v) is 2.45. The SMILES string of the molecule is COc1ccc(-c2nc(N3CCN[C@@H](C)C3)n[nH]2)cc1F. The van der Waals surface area contributed by atoms with Crippen molar-refractivity contribution in [2.75, 3.05) is 31.6 Å². The summed E-state index contributed by atoms with van der Waals surface area (Å²) in [6, 6.07) is 5.13. The Kier molecular flexibility index (Phi) is 3.74. The molecule has 1 aromatic heterocycles. The highest BCUT2D eigenvalue weighted by Gasteiger charge is 2.19. The number of ether oxygens (including phenoxy) is 1. The molecule has 1 fully saturated rings. The topological polar surface area (TPSA) is 66.1 Å². The zero-order valence-electron chi connectivity index (χ0n) is 12.1. The average molecular weight is 291 g/mol. The Balaban J connectivity index is 1.82. The number of nitrogens with zero attached hydrogens (tertiary/aromatic N) is 3. The summed E-state index contributed by atoms with van der Waals surface area (Å²) in [7, 11) is 1.44. The van der Waals surface area contributed by atoms with Crippen molar-refractivity contribution in [1.29, 1.82) is 0 Å². The summed E-state index contributed by atoms with van der Waals surface area (Å²) >= 11 is 0. The Labute approximate surface area is 122 Å². The Morgan fingerprint density at radius 3 is 3.00 bits per heavy atom. The zero-order chi connectivity index (χ0) is 14.8. The van der Waals surface area contributed by atoms with Gasteiger partial charge in [-0.15, -0.1) is 5.10 Å². The first kappa shape index (κ1) is 13.8. The predicted octanol–water partition coefficient (Wildman–Crippen LogP) is 1.42. The molecule has 21 heavy (non-hydrogen) atoms. The summed E-state index contributed by atoms with van der Waals surface area (Å²) in [4.78, 5) is 6.57.